The molecule has 0 N–H and O–H groups in total. The standard InChI is InChI=1S/C18H19BrFN3/c19-14-4-1-3-13(7-14)9-23-15-8-16(23)11-22(10-15)12-18-17(20)5-2-6-21-18/h1-7,15-16H,8-12H2. The fourth-order valence-electron chi connectivity index (χ4n) is 3.75. The van der Waals surface area contributed by atoms with E-state index in [0.717, 1.165) is 24.1 Å². The van der Waals surface area contributed by atoms with Crippen molar-refractivity contribution in [1.82, 2.24) is 14.8 Å². The molecule has 5 heteroatoms. The maximum Gasteiger partial charge on any atom is 0.146 e. The van der Waals surface area contributed by atoms with Crippen molar-refractivity contribution < 1.29 is 4.39 Å². The van der Waals surface area contributed by atoms with Gasteiger partial charge in [0.25, 0.3) is 0 Å². The molecule has 4 heterocycles. The van der Waals surface area contributed by atoms with E-state index in [0.29, 0.717) is 24.3 Å². The van der Waals surface area contributed by atoms with Crippen LogP contribution in [0.25, 0.3) is 0 Å². The molecule has 1 aromatic carbocycles. The minimum absolute atomic E-state index is 0.197. The summed E-state index contributed by atoms with van der Waals surface area (Å²) >= 11 is 3.54. The van der Waals surface area contributed by atoms with E-state index < -0.39 is 0 Å². The molecular formula is C18H19BrFN3. The fourth-order valence-corrected chi connectivity index (χ4v) is 4.20. The number of nitrogens with zero attached hydrogens (tertiary/aromatic N) is 3. The maximum absolute atomic E-state index is 13.8. The SMILES string of the molecule is Fc1cccnc1CN1CC2CC(C1)N2Cc1cccc(Br)c1. The van der Waals surface area contributed by atoms with Crippen molar-refractivity contribution in [2.24, 2.45) is 0 Å². The average Bonchev–Trinajstić information content (AvgIpc) is 2.55. The Morgan fingerprint density at radius 1 is 1.13 bits per heavy atom. The van der Waals surface area contributed by atoms with Gasteiger partial charge in [-0.15, -0.1) is 0 Å². The highest BCUT2D eigenvalue weighted by Crippen LogP contribution is 2.34. The number of rotatable bonds is 4. The Balaban J connectivity index is 1.38. The Kier molecular flexibility index (Phi) is 4.18. The lowest BCUT2D eigenvalue weighted by Gasteiger charge is -2.56. The van der Waals surface area contributed by atoms with Crippen LogP contribution >= 0.6 is 15.9 Å². The van der Waals surface area contributed by atoms with E-state index in [4.69, 9.17) is 0 Å². The summed E-state index contributed by atoms with van der Waals surface area (Å²) in [5.74, 6) is -0.197. The van der Waals surface area contributed by atoms with Gasteiger partial charge in [0, 0.05) is 48.9 Å². The monoisotopic (exact) mass is 375 g/mol. The van der Waals surface area contributed by atoms with Gasteiger partial charge in [0.1, 0.15) is 5.82 Å². The maximum atomic E-state index is 13.8. The van der Waals surface area contributed by atoms with Gasteiger partial charge in [0.15, 0.2) is 0 Å². The summed E-state index contributed by atoms with van der Waals surface area (Å²) in [6, 6.07) is 12.8. The molecule has 2 atom stereocenters. The number of fused-ring (bicyclic) bond motifs is 2. The van der Waals surface area contributed by atoms with Gasteiger partial charge < -0.3 is 0 Å². The first-order chi connectivity index (χ1) is 11.2. The zero-order chi connectivity index (χ0) is 15.8. The Labute approximate surface area is 144 Å². The summed E-state index contributed by atoms with van der Waals surface area (Å²) in [6.45, 7) is 3.62. The third kappa shape index (κ3) is 3.18. The Bertz CT molecular complexity index is 696. The third-order valence-electron chi connectivity index (χ3n) is 4.88. The van der Waals surface area contributed by atoms with E-state index in [1.54, 1.807) is 12.3 Å². The molecule has 0 saturated carbocycles. The van der Waals surface area contributed by atoms with Crippen LogP contribution < -0.4 is 0 Å². The molecule has 0 radical (unpaired) electrons. The first-order valence-corrected chi connectivity index (χ1v) is 8.80. The fraction of sp³-hybridized carbons (Fsp3) is 0.389. The molecule has 2 unspecified atom stereocenters. The van der Waals surface area contributed by atoms with Gasteiger partial charge in [-0.2, -0.15) is 0 Å². The van der Waals surface area contributed by atoms with Crippen molar-refractivity contribution in [1.29, 1.82) is 0 Å². The quantitative estimate of drug-likeness (QED) is 0.815. The van der Waals surface area contributed by atoms with E-state index in [1.807, 2.05) is 0 Å². The lowest BCUT2D eigenvalue weighted by Crippen LogP contribution is -2.67. The lowest BCUT2D eigenvalue weighted by atomic mass is 9.86. The third-order valence-corrected chi connectivity index (χ3v) is 5.38. The zero-order valence-electron chi connectivity index (χ0n) is 12.8. The minimum atomic E-state index is -0.197. The summed E-state index contributed by atoms with van der Waals surface area (Å²) in [7, 11) is 0. The molecule has 3 saturated heterocycles. The number of halogens is 2. The van der Waals surface area contributed by atoms with Crippen LogP contribution in [0.2, 0.25) is 0 Å². The normalized spacial score (nSPS) is 24.4. The highest BCUT2D eigenvalue weighted by atomic mass is 79.9. The van der Waals surface area contributed by atoms with Crippen molar-refractivity contribution in [3.63, 3.8) is 0 Å². The van der Waals surface area contributed by atoms with Gasteiger partial charge in [0.2, 0.25) is 0 Å². The van der Waals surface area contributed by atoms with Crippen molar-refractivity contribution in [3.8, 4) is 0 Å². The Hall–Kier alpha value is -1.30. The number of hydrogen-bond acceptors (Lipinski definition) is 3. The van der Waals surface area contributed by atoms with Gasteiger partial charge >= 0.3 is 0 Å². The second kappa shape index (κ2) is 6.30. The second-order valence-electron chi connectivity index (χ2n) is 6.47. The molecule has 3 fully saturated rings. The number of piperazine rings is 1. The van der Waals surface area contributed by atoms with Crippen LogP contribution in [0.3, 0.4) is 0 Å². The van der Waals surface area contributed by atoms with E-state index in [9.17, 15) is 4.39 Å². The molecule has 23 heavy (non-hydrogen) atoms. The van der Waals surface area contributed by atoms with Gasteiger partial charge in [-0.3, -0.25) is 14.8 Å². The molecule has 0 spiro atoms. The summed E-state index contributed by atoms with van der Waals surface area (Å²) in [5, 5.41) is 0. The van der Waals surface area contributed by atoms with E-state index >= 15 is 0 Å². The Morgan fingerprint density at radius 2 is 1.96 bits per heavy atom. The van der Waals surface area contributed by atoms with E-state index in [-0.39, 0.29) is 5.82 Å². The van der Waals surface area contributed by atoms with Crippen molar-refractivity contribution in [2.75, 3.05) is 13.1 Å². The van der Waals surface area contributed by atoms with Crippen LogP contribution in [-0.4, -0.2) is 40.0 Å². The highest BCUT2D eigenvalue weighted by molar-refractivity contribution is 9.10. The minimum Gasteiger partial charge on any atom is -0.294 e. The average molecular weight is 376 g/mol. The molecular weight excluding hydrogens is 357 g/mol. The van der Waals surface area contributed by atoms with Crippen LogP contribution in [-0.2, 0) is 13.1 Å². The van der Waals surface area contributed by atoms with Crippen LogP contribution in [0, 0.1) is 5.82 Å². The molecule has 3 nitrogen and oxygen atoms in total. The van der Waals surface area contributed by atoms with Crippen LogP contribution in [0.5, 0.6) is 0 Å². The molecule has 5 rings (SSSR count). The van der Waals surface area contributed by atoms with Crippen LogP contribution in [0.1, 0.15) is 17.7 Å². The van der Waals surface area contributed by atoms with E-state index in [1.165, 1.54) is 18.1 Å². The number of benzene rings is 1. The second-order valence-corrected chi connectivity index (χ2v) is 7.39. The number of piperidine rings is 1. The number of hydrogen-bond donors (Lipinski definition) is 0. The van der Waals surface area contributed by atoms with Crippen molar-refractivity contribution >= 4 is 15.9 Å². The Morgan fingerprint density at radius 3 is 2.70 bits per heavy atom. The summed E-state index contributed by atoms with van der Waals surface area (Å²) in [4.78, 5) is 9.08. The molecule has 3 aliphatic rings. The van der Waals surface area contributed by atoms with Gasteiger partial charge in [-0.05, 0) is 36.2 Å². The van der Waals surface area contributed by atoms with Gasteiger partial charge in [-0.25, -0.2) is 4.39 Å². The van der Waals surface area contributed by atoms with Crippen LogP contribution in [0.4, 0.5) is 4.39 Å². The molecule has 120 valence electrons. The zero-order valence-corrected chi connectivity index (χ0v) is 14.4. The largest absolute Gasteiger partial charge is 0.294 e. The molecule has 3 aliphatic heterocycles. The smallest absolute Gasteiger partial charge is 0.146 e. The van der Waals surface area contributed by atoms with Gasteiger partial charge in [0.05, 0.1) is 5.69 Å². The lowest BCUT2D eigenvalue weighted by molar-refractivity contribution is -0.0779. The van der Waals surface area contributed by atoms with E-state index in [2.05, 4.69) is 55.0 Å². The predicted molar refractivity (Wildman–Crippen MR) is 91.4 cm³/mol. The number of aromatic nitrogens is 1. The van der Waals surface area contributed by atoms with Crippen LogP contribution in [0.15, 0.2) is 47.1 Å². The first-order valence-electron chi connectivity index (χ1n) is 8.01. The summed E-state index contributed by atoms with van der Waals surface area (Å²) in [5.41, 5.74) is 1.91. The molecule has 0 aliphatic carbocycles. The molecule has 0 amide bonds. The molecule has 2 bridgehead atoms. The first kappa shape index (κ1) is 15.2. The van der Waals surface area contributed by atoms with Gasteiger partial charge in [-0.1, -0.05) is 28.1 Å². The number of pyridine rings is 1. The highest BCUT2D eigenvalue weighted by Gasteiger charge is 2.44. The van der Waals surface area contributed by atoms with Crippen molar-refractivity contribution in [2.45, 2.75) is 31.6 Å². The molecule has 1 aromatic heterocycles. The summed E-state index contributed by atoms with van der Waals surface area (Å²) in [6.07, 6.45) is 2.93. The molecule has 2 aromatic rings. The summed E-state index contributed by atoms with van der Waals surface area (Å²) < 4.78 is 14.9. The topological polar surface area (TPSA) is 19.4 Å². The predicted octanol–water partition coefficient (Wildman–Crippen LogP) is 3.44. The van der Waals surface area contributed by atoms with Crippen molar-refractivity contribution in [3.05, 3.63) is 64.1 Å².